The van der Waals surface area contributed by atoms with E-state index in [9.17, 15) is 14.0 Å². The second-order valence-corrected chi connectivity index (χ2v) is 6.83. The Hall–Kier alpha value is -3.09. The van der Waals surface area contributed by atoms with Crippen LogP contribution in [0.25, 0.3) is 0 Å². The van der Waals surface area contributed by atoms with Crippen LogP contribution in [-0.4, -0.2) is 18.0 Å². The third-order valence-electron chi connectivity index (χ3n) is 4.57. The number of benzene rings is 2. The van der Waals surface area contributed by atoms with Gasteiger partial charge in [-0.05, 0) is 61.1 Å². The molecule has 0 radical (unpaired) electrons. The van der Waals surface area contributed by atoms with Gasteiger partial charge in [0.1, 0.15) is 11.6 Å². The maximum atomic E-state index is 12.8. The first-order valence-electron chi connectivity index (χ1n) is 9.41. The molecule has 0 spiro atoms. The minimum Gasteiger partial charge on any atom is -0.490 e. The average molecular weight is 385 g/mol. The number of carbonyl (C=O) groups excluding carboxylic acids is 2. The highest BCUT2D eigenvalue weighted by atomic mass is 19.1. The van der Waals surface area contributed by atoms with Crippen LogP contribution < -0.4 is 20.9 Å². The van der Waals surface area contributed by atoms with Crippen LogP contribution in [0.1, 0.15) is 36.8 Å². The molecule has 6 nitrogen and oxygen atoms in total. The van der Waals surface area contributed by atoms with Crippen molar-refractivity contribution in [2.75, 3.05) is 0 Å². The minimum absolute atomic E-state index is 0.0447. The van der Waals surface area contributed by atoms with E-state index >= 15 is 0 Å². The number of urea groups is 1. The van der Waals surface area contributed by atoms with Crippen LogP contribution in [0, 0.1) is 5.82 Å². The predicted octanol–water partition coefficient (Wildman–Crippen LogP) is 3.22. The summed E-state index contributed by atoms with van der Waals surface area (Å²) in [6.45, 7) is 0.323. The lowest BCUT2D eigenvalue weighted by Gasteiger charge is -2.13. The summed E-state index contributed by atoms with van der Waals surface area (Å²) in [6, 6.07) is 12.7. The normalized spacial score (nSPS) is 13.8. The summed E-state index contributed by atoms with van der Waals surface area (Å²) in [6.07, 6.45) is 5.02. The van der Waals surface area contributed by atoms with E-state index in [2.05, 4.69) is 16.2 Å². The van der Waals surface area contributed by atoms with Crippen LogP contribution in [0.5, 0.6) is 5.75 Å². The van der Waals surface area contributed by atoms with E-state index < -0.39 is 11.9 Å². The molecular weight excluding hydrogens is 361 g/mol. The summed E-state index contributed by atoms with van der Waals surface area (Å²) in [5.41, 5.74) is 6.19. The zero-order chi connectivity index (χ0) is 19.8. The van der Waals surface area contributed by atoms with Crippen LogP contribution in [-0.2, 0) is 17.8 Å². The third kappa shape index (κ3) is 6.26. The molecule has 28 heavy (non-hydrogen) atoms. The average Bonchev–Trinajstić information content (AvgIpc) is 3.21. The van der Waals surface area contributed by atoms with E-state index in [0.717, 1.165) is 24.2 Å². The zero-order valence-electron chi connectivity index (χ0n) is 15.5. The molecule has 1 aliphatic carbocycles. The summed E-state index contributed by atoms with van der Waals surface area (Å²) in [7, 11) is 0. The zero-order valence-corrected chi connectivity index (χ0v) is 15.5. The summed E-state index contributed by atoms with van der Waals surface area (Å²) < 4.78 is 18.8. The first kappa shape index (κ1) is 19.7. The van der Waals surface area contributed by atoms with Crippen molar-refractivity contribution in [1.82, 2.24) is 16.2 Å². The van der Waals surface area contributed by atoms with Gasteiger partial charge in [0.2, 0.25) is 5.91 Å². The SMILES string of the molecule is O=C(Cc1ccc(F)cc1)NNC(=O)NCc1ccc(OC2CCCC2)cc1. The largest absolute Gasteiger partial charge is 0.490 e. The van der Waals surface area contributed by atoms with Crippen molar-refractivity contribution in [2.45, 2.75) is 44.8 Å². The molecule has 0 atom stereocenters. The Morgan fingerprint density at radius 2 is 1.57 bits per heavy atom. The van der Waals surface area contributed by atoms with E-state index in [4.69, 9.17) is 4.74 Å². The molecule has 0 saturated heterocycles. The predicted molar refractivity (Wildman–Crippen MR) is 103 cm³/mol. The topological polar surface area (TPSA) is 79.5 Å². The van der Waals surface area contributed by atoms with Crippen LogP contribution in [0.4, 0.5) is 9.18 Å². The number of hydrazine groups is 1. The third-order valence-corrected chi connectivity index (χ3v) is 4.57. The summed E-state index contributed by atoms with van der Waals surface area (Å²) in [5, 5.41) is 2.66. The van der Waals surface area contributed by atoms with Crippen molar-refractivity contribution in [3.8, 4) is 5.75 Å². The fourth-order valence-corrected chi connectivity index (χ4v) is 3.07. The maximum absolute atomic E-state index is 12.8. The van der Waals surface area contributed by atoms with Crippen LogP contribution >= 0.6 is 0 Å². The standard InChI is InChI=1S/C21H24FN3O3/c22-17-9-5-15(6-10-17)13-20(26)24-25-21(27)23-14-16-7-11-19(12-8-16)28-18-3-1-2-4-18/h5-12,18H,1-4,13-14H2,(H,24,26)(H2,23,25,27). The monoisotopic (exact) mass is 385 g/mol. The molecule has 0 aromatic heterocycles. The van der Waals surface area contributed by atoms with Crippen molar-refractivity contribution in [3.63, 3.8) is 0 Å². The molecule has 0 heterocycles. The molecule has 3 rings (SSSR count). The fraction of sp³-hybridized carbons (Fsp3) is 0.333. The molecule has 148 valence electrons. The van der Waals surface area contributed by atoms with Crippen molar-refractivity contribution in [3.05, 3.63) is 65.5 Å². The number of nitrogens with one attached hydrogen (secondary N) is 3. The maximum Gasteiger partial charge on any atom is 0.333 e. The fourth-order valence-electron chi connectivity index (χ4n) is 3.07. The van der Waals surface area contributed by atoms with Gasteiger partial charge in [0.15, 0.2) is 0 Å². The lowest BCUT2D eigenvalue weighted by molar-refractivity contribution is -0.121. The molecule has 2 aromatic carbocycles. The van der Waals surface area contributed by atoms with Crippen molar-refractivity contribution < 1.29 is 18.7 Å². The lowest BCUT2D eigenvalue weighted by atomic mass is 10.1. The van der Waals surface area contributed by atoms with Crippen molar-refractivity contribution in [2.24, 2.45) is 0 Å². The van der Waals surface area contributed by atoms with Gasteiger partial charge in [-0.25, -0.2) is 14.6 Å². The smallest absolute Gasteiger partial charge is 0.333 e. The van der Waals surface area contributed by atoms with Crippen LogP contribution in [0.2, 0.25) is 0 Å². The van der Waals surface area contributed by atoms with Gasteiger partial charge in [-0.3, -0.25) is 10.2 Å². The van der Waals surface area contributed by atoms with Gasteiger partial charge in [-0.15, -0.1) is 0 Å². The molecule has 2 aromatic rings. The van der Waals surface area contributed by atoms with Crippen molar-refractivity contribution >= 4 is 11.9 Å². The summed E-state index contributed by atoms with van der Waals surface area (Å²) >= 11 is 0. The summed E-state index contributed by atoms with van der Waals surface area (Å²) in [5.74, 6) is 0.0862. The minimum atomic E-state index is -0.515. The molecule has 3 N–H and O–H groups in total. The quantitative estimate of drug-likeness (QED) is 0.668. The van der Waals surface area contributed by atoms with Gasteiger partial charge < -0.3 is 10.1 Å². The Labute approximate surface area is 163 Å². The highest BCUT2D eigenvalue weighted by molar-refractivity contribution is 5.82. The Kier molecular flexibility index (Phi) is 6.84. The van der Waals surface area contributed by atoms with E-state index in [-0.39, 0.29) is 12.2 Å². The number of hydrogen-bond acceptors (Lipinski definition) is 3. The van der Waals surface area contributed by atoms with Gasteiger partial charge in [-0.2, -0.15) is 0 Å². The van der Waals surface area contributed by atoms with E-state index in [0.29, 0.717) is 18.2 Å². The highest BCUT2D eigenvalue weighted by Gasteiger charge is 2.16. The molecule has 1 fully saturated rings. The first-order valence-corrected chi connectivity index (χ1v) is 9.41. The molecule has 1 aliphatic rings. The number of ether oxygens (including phenoxy) is 1. The summed E-state index contributed by atoms with van der Waals surface area (Å²) in [4.78, 5) is 23.6. The second-order valence-electron chi connectivity index (χ2n) is 6.83. The van der Waals surface area contributed by atoms with E-state index in [1.165, 1.54) is 37.1 Å². The molecular formula is C21H24FN3O3. The van der Waals surface area contributed by atoms with Gasteiger partial charge in [0.05, 0.1) is 12.5 Å². The molecule has 0 aliphatic heterocycles. The van der Waals surface area contributed by atoms with E-state index in [1.54, 1.807) is 0 Å². The number of rotatable bonds is 6. The number of carbonyl (C=O) groups is 2. The van der Waals surface area contributed by atoms with Crippen molar-refractivity contribution in [1.29, 1.82) is 0 Å². The number of hydrogen-bond donors (Lipinski definition) is 3. The highest BCUT2D eigenvalue weighted by Crippen LogP contribution is 2.24. The molecule has 1 saturated carbocycles. The van der Waals surface area contributed by atoms with E-state index in [1.807, 2.05) is 24.3 Å². The van der Waals surface area contributed by atoms with Gasteiger partial charge in [-0.1, -0.05) is 24.3 Å². The van der Waals surface area contributed by atoms with Gasteiger partial charge >= 0.3 is 6.03 Å². The first-order chi connectivity index (χ1) is 13.6. The number of halogens is 1. The molecule has 3 amide bonds. The van der Waals surface area contributed by atoms with Gasteiger partial charge in [0.25, 0.3) is 0 Å². The molecule has 7 heteroatoms. The Morgan fingerprint density at radius 3 is 2.25 bits per heavy atom. The Morgan fingerprint density at radius 1 is 0.929 bits per heavy atom. The lowest BCUT2D eigenvalue weighted by Crippen LogP contribution is -2.47. The molecule has 0 unspecified atom stereocenters. The molecule has 0 bridgehead atoms. The second kappa shape index (κ2) is 9.73. The Bertz CT molecular complexity index is 788. The number of amides is 3. The van der Waals surface area contributed by atoms with Crippen LogP contribution in [0.15, 0.2) is 48.5 Å². The van der Waals surface area contributed by atoms with Gasteiger partial charge in [0, 0.05) is 6.54 Å². The van der Waals surface area contributed by atoms with Crippen LogP contribution in [0.3, 0.4) is 0 Å². The Balaban J connectivity index is 1.35.